The molecule has 80 valence electrons. The Morgan fingerprint density at radius 3 is 2.64 bits per heavy atom. The molecule has 0 saturated carbocycles. The predicted octanol–water partition coefficient (Wildman–Crippen LogP) is 0.701. The molecule has 6 heteroatoms. The first kappa shape index (κ1) is 11.6. The maximum Gasteiger partial charge on any atom is 0.264 e. The van der Waals surface area contributed by atoms with E-state index in [0.717, 1.165) is 5.69 Å². The fourth-order valence-electron chi connectivity index (χ4n) is 1.16. The van der Waals surface area contributed by atoms with Crippen LogP contribution in [0.4, 0.5) is 0 Å². The first-order valence-corrected chi connectivity index (χ1v) is 6.77. The van der Waals surface area contributed by atoms with E-state index < -0.39 is 10.1 Å². The highest BCUT2D eigenvalue weighted by atomic mass is 32.2. The van der Waals surface area contributed by atoms with Gasteiger partial charge in [0, 0.05) is 6.92 Å². The summed E-state index contributed by atoms with van der Waals surface area (Å²) in [5.74, 6) is -0.159. The molecule has 0 aliphatic heterocycles. The second kappa shape index (κ2) is 4.37. The minimum Gasteiger partial charge on any atom is -0.286 e. The van der Waals surface area contributed by atoms with Gasteiger partial charge in [-0.15, -0.1) is 0 Å². The van der Waals surface area contributed by atoms with Crippen molar-refractivity contribution in [3.8, 4) is 0 Å². The zero-order valence-corrected chi connectivity index (χ0v) is 9.86. The van der Waals surface area contributed by atoms with Crippen LogP contribution in [-0.4, -0.2) is 18.7 Å². The molecule has 1 aromatic rings. The fraction of sp³-hybridized carbons (Fsp3) is 0.625. The van der Waals surface area contributed by atoms with E-state index in [1.54, 1.807) is 11.3 Å². The predicted molar refractivity (Wildman–Crippen MR) is 55.0 cm³/mol. The smallest absolute Gasteiger partial charge is 0.264 e. The highest BCUT2D eigenvalue weighted by Crippen LogP contribution is 2.12. The summed E-state index contributed by atoms with van der Waals surface area (Å²) >= 11 is 1.61. The molecule has 0 aromatic carbocycles. The molecule has 1 heterocycles. The summed E-state index contributed by atoms with van der Waals surface area (Å²) < 4.78 is 31.5. The van der Waals surface area contributed by atoms with Crippen LogP contribution < -0.4 is 4.57 Å². The van der Waals surface area contributed by atoms with Gasteiger partial charge in [0.15, 0.2) is 5.69 Å². The third-order valence-corrected chi connectivity index (χ3v) is 4.10. The third-order valence-electron chi connectivity index (χ3n) is 2.09. The molecule has 4 nitrogen and oxygen atoms in total. The Bertz CT molecular complexity index is 408. The molecule has 0 aliphatic rings. The van der Waals surface area contributed by atoms with Crippen LogP contribution in [0.3, 0.4) is 0 Å². The summed E-state index contributed by atoms with van der Waals surface area (Å²) in [5.41, 5.74) is 3.14. The van der Waals surface area contributed by atoms with Gasteiger partial charge in [0.1, 0.15) is 7.05 Å². The summed E-state index contributed by atoms with van der Waals surface area (Å²) in [7, 11) is -1.85. The average Bonchev–Trinajstić information content (AvgIpc) is 2.33. The van der Waals surface area contributed by atoms with Gasteiger partial charge in [0.25, 0.3) is 10.1 Å². The monoisotopic (exact) mass is 236 g/mol. The Morgan fingerprint density at radius 2 is 2.21 bits per heavy atom. The van der Waals surface area contributed by atoms with E-state index >= 15 is 0 Å². The highest BCUT2D eigenvalue weighted by Gasteiger charge is 2.12. The maximum atomic E-state index is 10.5. The van der Waals surface area contributed by atoms with E-state index in [4.69, 9.17) is 4.55 Å². The van der Waals surface area contributed by atoms with E-state index in [-0.39, 0.29) is 5.75 Å². The quantitative estimate of drug-likeness (QED) is 0.618. The fourth-order valence-corrected chi connectivity index (χ4v) is 2.69. The maximum absolute atomic E-state index is 10.5. The third kappa shape index (κ3) is 3.36. The number of rotatable bonds is 4. The van der Waals surface area contributed by atoms with Gasteiger partial charge in [0.05, 0.1) is 10.6 Å². The number of thiazole rings is 1. The molecule has 1 aromatic heterocycles. The molecule has 14 heavy (non-hydrogen) atoms. The van der Waals surface area contributed by atoms with Crippen LogP contribution in [0.1, 0.15) is 17.0 Å². The van der Waals surface area contributed by atoms with Gasteiger partial charge in [-0.1, -0.05) is 11.3 Å². The molecular weight excluding hydrogens is 222 g/mol. The molecule has 0 atom stereocenters. The molecular formula is C8H14NO3S2+. The van der Waals surface area contributed by atoms with Crippen molar-refractivity contribution < 1.29 is 17.5 Å². The first-order chi connectivity index (χ1) is 6.40. The molecule has 0 spiro atoms. The molecule has 0 aliphatic carbocycles. The minimum atomic E-state index is -3.80. The van der Waals surface area contributed by atoms with E-state index in [9.17, 15) is 8.42 Å². The van der Waals surface area contributed by atoms with E-state index in [2.05, 4.69) is 0 Å². The summed E-state index contributed by atoms with van der Waals surface area (Å²) in [6.45, 7) is 2.00. The zero-order chi connectivity index (χ0) is 10.8. The summed E-state index contributed by atoms with van der Waals surface area (Å²) in [4.78, 5) is 1.18. The molecule has 0 amide bonds. The number of aromatic nitrogens is 1. The second-order valence-electron chi connectivity index (χ2n) is 3.23. The molecule has 1 N–H and O–H groups in total. The lowest BCUT2D eigenvalue weighted by Crippen LogP contribution is -2.28. The van der Waals surface area contributed by atoms with Crippen molar-refractivity contribution in [2.45, 2.75) is 19.8 Å². The van der Waals surface area contributed by atoms with Crippen LogP contribution in [-0.2, 0) is 23.6 Å². The van der Waals surface area contributed by atoms with Crippen LogP contribution in [0.25, 0.3) is 0 Å². The molecule has 0 fully saturated rings. The Morgan fingerprint density at radius 1 is 1.57 bits per heavy atom. The Kier molecular flexibility index (Phi) is 3.63. The van der Waals surface area contributed by atoms with Gasteiger partial charge in [-0.3, -0.25) is 4.55 Å². The van der Waals surface area contributed by atoms with Crippen molar-refractivity contribution in [3.05, 3.63) is 16.1 Å². The van der Waals surface area contributed by atoms with E-state index in [1.807, 2.05) is 24.0 Å². The Hall–Kier alpha value is -0.460. The van der Waals surface area contributed by atoms with Crippen molar-refractivity contribution >= 4 is 21.5 Å². The lowest BCUT2D eigenvalue weighted by Gasteiger charge is -1.95. The summed E-state index contributed by atoms with van der Waals surface area (Å²) in [6.07, 6.45) is 1.18. The first-order valence-electron chi connectivity index (χ1n) is 4.28. The minimum absolute atomic E-state index is 0.159. The zero-order valence-electron chi connectivity index (χ0n) is 8.23. The molecule has 0 radical (unpaired) electrons. The highest BCUT2D eigenvalue weighted by molar-refractivity contribution is 7.85. The summed E-state index contributed by atoms with van der Waals surface area (Å²) in [6, 6.07) is 0. The van der Waals surface area contributed by atoms with E-state index in [1.165, 1.54) is 4.88 Å². The van der Waals surface area contributed by atoms with Crippen LogP contribution >= 0.6 is 11.3 Å². The van der Waals surface area contributed by atoms with E-state index in [0.29, 0.717) is 12.8 Å². The van der Waals surface area contributed by atoms with Gasteiger partial charge in [0.2, 0.25) is 5.51 Å². The van der Waals surface area contributed by atoms with Crippen molar-refractivity contribution in [2.75, 3.05) is 5.75 Å². The topological polar surface area (TPSA) is 58.3 Å². The number of nitrogens with zero attached hydrogens (tertiary/aromatic N) is 1. The van der Waals surface area contributed by atoms with Gasteiger partial charge in [-0.2, -0.15) is 13.0 Å². The SMILES string of the molecule is Cc1c(CCCS(=O)(=O)O)sc[n+]1C. The average molecular weight is 236 g/mol. The van der Waals surface area contributed by atoms with Crippen molar-refractivity contribution in [3.63, 3.8) is 0 Å². The number of hydrogen-bond acceptors (Lipinski definition) is 3. The van der Waals surface area contributed by atoms with Crippen molar-refractivity contribution in [1.82, 2.24) is 0 Å². The summed E-state index contributed by atoms with van der Waals surface area (Å²) in [5, 5.41) is 0. The lowest BCUT2D eigenvalue weighted by molar-refractivity contribution is -0.672. The van der Waals surface area contributed by atoms with Crippen molar-refractivity contribution in [1.29, 1.82) is 0 Å². The van der Waals surface area contributed by atoms with Gasteiger partial charge >= 0.3 is 0 Å². The standard InChI is InChI=1S/C8H13NO3S2/c1-7-8(13-6-9(7)2)4-3-5-14(10,11)12/h6H,3-5H2,1-2H3/p+1. The van der Waals surface area contributed by atoms with Gasteiger partial charge < -0.3 is 0 Å². The molecule has 0 saturated heterocycles. The van der Waals surface area contributed by atoms with Gasteiger partial charge in [-0.05, 0) is 12.8 Å². The van der Waals surface area contributed by atoms with Crippen LogP contribution in [0.5, 0.6) is 0 Å². The molecule has 1 rings (SSSR count). The normalized spacial score (nSPS) is 11.9. The second-order valence-corrected chi connectivity index (χ2v) is 5.74. The van der Waals surface area contributed by atoms with Crippen LogP contribution in [0, 0.1) is 6.92 Å². The Balaban J connectivity index is 2.51. The van der Waals surface area contributed by atoms with Gasteiger partial charge in [-0.25, -0.2) is 0 Å². The van der Waals surface area contributed by atoms with Crippen LogP contribution in [0.2, 0.25) is 0 Å². The number of hydrogen-bond donors (Lipinski definition) is 1. The Labute approximate surface area is 88.0 Å². The molecule has 0 unspecified atom stereocenters. The molecule has 0 bridgehead atoms. The lowest BCUT2D eigenvalue weighted by atomic mass is 10.2. The van der Waals surface area contributed by atoms with Crippen LogP contribution in [0.15, 0.2) is 5.51 Å². The largest absolute Gasteiger partial charge is 0.286 e. The van der Waals surface area contributed by atoms with Crippen molar-refractivity contribution in [2.24, 2.45) is 7.05 Å². The number of aryl methyl sites for hydroxylation is 2.